The number of nitrogens with one attached hydrogen (secondary N) is 1. The first-order valence-electron chi connectivity index (χ1n) is 8.76. The monoisotopic (exact) mass is 362 g/mol. The van der Waals surface area contributed by atoms with Gasteiger partial charge in [0.05, 0.1) is 10.6 Å². The fourth-order valence-corrected chi connectivity index (χ4v) is 3.74. The highest BCUT2D eigenvalue weighted by Crippen LogP contribution is 2.31. The van der Waals surface area contributed by atoms with Gasteiger partial charge in [-0.3, -0.25) is 4.79 Å². The van der Waals surface area contributed by atoms with Crippen molar-refractivity contribution in [2.75, 3.05) is 5.32 Å². The van der Waals surface area contributed by atoms with E-state index in [9.17, 15) is 4.79 Å². The first-order valence-corrected chi connectivity index (χ1v) is 9.14. The molecule has 0 atom stereocenters. The molecule has 0 radical (unpaired) electrons. The quantitative estimate of drug-likeness (QED) is 0.673. The number of carbonyl (C=O) groups excluding carboxylic acids is 1. The molecular weight excluding hydrogens is 344 g/mol. The van der Waals surface area contributed by atoms with E-state index in [-0.39, 0.29) is 5.91 Å². The summed E-state index contributed by atoms with van der Waals surface area (Å²) in [5.74, 6) is 0.252. The summed E-state index contributed by atoms with van der Waals surface area (Å²) in [6, 6.07) is 15.4. The second-order valence-electron chi connectivity index (χ2n) is 6.66. The molecule has 1 N–H and O–H groups in total. The van der Waals surface area contributed by atoms with E-state index < -0.39 is 0 Å². The third-order valence-corrected chi connectivity index (χ3v) is 5.20. The summed E-state index contributed by atoms with van der Waals surface area (Å²) in [5, 5.41) is 3.23. The van der Waals surface area contributed by atoms with Gasteiger partial charge in [-0.05, 0) is 72.7 Å². The Hall–Kier alpha value is -2.65. The molecule has 0 unspecified atom stereocenters. The molecule has 4 rings (SSSR count). The van der Waals surface area contributed by atoms with Crippen LogP contribution in [0.3, 0.4) is 0 Å². The van der Waals surface area contributed by atoms with Crippen LogP contribution in [0.2, 0.25) is 5.02 Å². The molecule has 0 aliphatic heterocycles. The van der Waals surface area contributed by atoms with Crippen LogP contribution in [0.25, 0.3) is 11.1 Å². The van der Waals surface area contributed by atoms with Gasteiger partial charge in [0.2, 0.25) is 0 Å². The van der Waals surface area contributed by atoms with Gasteiger partial charge in [-0.1, -0.05) is 35.9 Å². The average molecular weight is 363 g/mol. The number of hydrogen-bond acceptors (Lipinski definition) is 2. The molecular formula is C22H19ClN2O. The van der Waals surface area contributed by atoms with Crippen LogP contribution in [0.15, 0.2) is 54.7 Å². The Morgan fingerprint density at radius 3 is 2.58 bits per heavy atom. The summed E-state index contributed by atoms with van der Waals surface area (Å²) in [4.78, 5) is 16.7. The Labute approximate surface area is 158 Å². The molecule has 3 aromatic rings. The third kappa shape index (κ3) is 3.23. The van der Waals surface area contributed by atoms with Gasteiger partial charge in [-0.25, -0.2) is 4.98 Å². The van der Waals surface area contributed by atoms with Gasteiger partial charge in [0, 0.05) is 11.8 Å². The Morgan fingerprint density at radius 1 is 1.08 bits per heavy atom. The number of carbonyl (C=O) groups is 1. The first kappa shape index (κ1) is 16.8. The number of amides is 1. The topological polar surface area (TPSA) is 42.0 Å². The van der Waals surface area contributed by atoms with E-state index in [4.69, 9.17) is 11.6 Å². The Balaban J connectivity index is 1.56. The molecule has 26 heavy (non-hydrogen) atoms. The molecule has 0 saturated carbocycles. The molecule has 0 saturated heterocycles. The number of hydrogen-bond donors (Lipinski definition) is 1. The fraction of sp³-hybridized carbons (Fsp3) is 0.182. The zero-order chi connectivity index (χ0) is 18.1. The molecule has 0 fully saturated rings. The van der Waals surface area contributed by atoms with Crippen LogP contribution in [0, 0.1) is 6.92 Å². The van der Waals surface area contributed by atoms with Crippen LogP contribution in [-0.4, -0.2) is 10.9 Å². The lowest BCUT2D eigenvalue weighted by Gasteiger charge is -2.11. The van der Waals surface area contributed by atoms with E-state index in [1.807, 2.05) is 18.3 Å². The number of fused-ring (bicyclic) bond motifs is 1. The highest BCUT2D eigenvalue weighted by Gasteiger charge is 2.15. The molecule has 2 aromatic carbocycles. The second-order valence-corrected chi connectivity index (χ2v) is 7.06. The number of anilines is 1. The van der Waals surface area contributed by atoms with E-state index in [0.29, 0.717) is 16.4 Å². The molecule has 130 valence electrons. The van der Waals surface area contributed by atoms with Gasteiger partial charge in [0.25, 0.3) is 5.91 Å². The van der Waals surface area contributed by atoms with Gasteiger partial charge in [-0.15, -0.1) is 0 Å². The Kier molecular flexibility index (Phi) is 4.48. The summed E-state index contributed by atoms with van der Waals surface area (Å²) in [6.45, 7) is 2.14. The summed E-state index contributed by atoms with van der Waals surface area (Å²) in [7, 11) is 0. The van der Waals surface area contributed by atoms with E-state index in [1.165, 1.54) is 35.1 Å². The molecule has 1 aliphatic rings. The van der Waals surface area contributed by atoms with Gasteiger partial charge in [0.15, 0.2) is 0 Å². The maximum Gasteiger partial charge on any atom is 0.258 e. The summed E-state index contributed by atoms with van der Waals surface area (Å²) in [6.07, 6.45) is 5.39. The normalized spacial score (nSPS) is 12.7. The lowest BCUT2D eigenvalue weighted by molar-refractivity contribution is 0.102. The van der Waals surface area contributed by atoms with E-state index in [1.54, 1.807) is 24.3 Å². The smallest absolute Gasteiger partial charge is 0.258 e. The molecule has 3 nitrogen and oxygen atoms in total. The van der Waals surface area contributed by atoms with E-state index in [0.717, 1.165) is 12.0 Å². The van der Waals surface area contributed by atoms with Gasteiger partial charge >= 0.3 is 0 Å². The van der Waals surface area contributed by atoms with Crippen molar-refractivity contribution in [1.29, 1.82) is 0 Å². The molecule has 0 spiro atoms. The number of benzene rings is 2. The van der Waals surface area contributed by atoms with Crippen LogP contribution in [0.5, 0.6) is 0 Å². The van der Waals surface area contributed by atoms with E-state index >= 15 is 0 Å². The molecule has 1 heterocycles. The Morgan fingerprint density at radius 2 is 1.85 bits per heavy atom. The minimum absolute atomic E-state index is 0.260. The van der Waals surface area contributed by atoms with Crippen LogP contribution in [-0.2, 0) is 12.8 Å². The molecule has 1 aromatic heterocycles. The minimum Gasteiger partial charge on any atom is -0.307 e. The fourth-order valence-electron chi connectivity index (χ4n) is 3.51. The zero-order valence-corrected chi connectivity index (χ0v) is 15.3. The van der Waals surface area contributed by atoms with Crippen molar-refractivity contribution in [3.63, 3.8) is 0 Å². The van der Waals surface area contributed by atoms with Gasteiger partial charge < -0.3 is 5.32 Å². The van der Waals surface area contributed by atoms with Crippen molar-refractivity contribution in [3.8, 4) is 11.1 Å². The molecule has 4 heteroatoms. The number of rotatable bonds is 3. The minimum atomic E-state index is -0.260. The highest BCUT2D eigenvalue weighted by atomic mass is 35.5. The highest BCUT2D eigenvalue weighted by molar-refractivity contribution is 6.34. The largest absolute Gasteiger partial charge is 0.307 e. The van der Waals surface area contributed by atoms with Gasteiger partial charge in [0.1, 0.15) is 5.82 Å². The van der Waals surface area contributed by atoms with Crippen molar-refractivity contribution >= 4 is 23.3 Å². The van der Waals surface area contributed by atoms with Crippen LogP contribution >= 0.6 is 11.6 Å². The van der Waals surface area contributed by atoms with Crippen molar-refractivity contribution in [2.24, 2.45) is 0 Å². The SMILES string of the molecule is Cc1cc2c(cc1-c1ccc(NC(=O)c3ccccc3Cl)nc1)CCC2. The number of aromatic nitrogens is 1. The summed E-state index contributed by atoms with van der Waals surface area (Å²) < 4.78 is 0. The van der Waals surface area contributed by atoms with E-state index in [2.05, 4.69) is 29.4 Å². The van der Waals surface area contributed by atoms with Crippen molar-refractivity contribution in [2.45, 2.75) is 26.2 Å². The predicted octanol–water partition coefficient (Wildman–Crippen LogP) is 5.45. The Bertz CT molecular complexity index is 980. The summed E-state index contributed by atoms with van der Waals surface area (Å²) in [5.41, 5.74) is 6.90. The average Bonchev–Trinajstić information content (AvgIpc) is 3.09. The maximum atomic E-state index is 12.3. The number of pyridine rings is 1. The number of nitrogens with zero attached hydrogens (tertiary/aromatic N) is 1. The van der Waals surface area contributed by atoms with Gasteiger partial charge in [-0.2, -0.15) is 0 Å². The van der Waals surface area contributed by atoms with Crippen LogP contribution < -0.4 is 5.32 Å². The molecule has 1 aliphatic carbocycles. The molecule has 1 amide bonds. The summed E-state index contributed by atoms with van der Waals surface area (Å²) >= 11 is 6.07. The van der Waals surface area contributed by atoms with Crippen LogP contribution in [0.1, 0.15) is 33.5 Å². The third-order valence-electron chi connectivity index (χ3n) is 4.87. The maximum absolute atomic E-state index is 12.3. The second kappa shape index (κ2) is 6.93. The molecule has 0 bridgehead atoms. The number of halogens is 1. The van der Waals surface area contributed by atoms with Crippen molar-refractivity contribution < 1.29 is 4.79 Å². The standard InChI is InChI=1S/C22H19ClN2O/c1-14-11-15-5-4-6-16(15)12-19(14)17-9-10-21(24-13-17)25-22(26)18-7-2-3-8-20(18)23/h2-3,7-13H,4-6H2,1H3,(H,24,25,26). The first-order chi connectivity index (χ1) is 12.6. The predicted molar refractivity (Wildman–Crippen MR) is 106 cm³/mol. The zero-order valence-electron chi connectivity index (χ0n) is 14.6. The van der Waals surface area contributed by atoms with Crippen molar-refractivity contribution in [1.82, 2.24) is 4.98 Å². The lowest BCUT2D eigenvalue weighted by atomic mass is 9.96. The van der Waals surface area contributed by atoms with Crippen molar-refractivity contribution in [3.05, 3.63) is 82.0 Å². The van der Waals surface area contributed by atoms with Crippen LogP contribution in [0.4, 0.5) is 5.82 Å². The lowest BCUT2D eigenvalue weighted by Crippen LogP contribution is -2.13. The number of aryl methyl sites for hydroxylation is 3.